The number of carboxylic acid groups (broad SMARTS) is 1. The van der Waals surface area contributed by atoms with Crippen LogP contribution in [-0.2, 0) is 4.79 Å². The molecule has 0 bridgehead atoms. The number of carbonyl (C=O) groups excluding carboxylic acids is 1. The summed E-state index contributed by atoms with van der Waals surface area (Å²) in [5.74, 6) is -1.17. The highest BCUT2D eigenvalue weighted by atomic mass is 35.5. The molecule has 0 saturated heterocycles. The second-order valence-electron chi connectivity index (χ2n) is 2.47. The van der Waals surface area contributed by atoms with Crippen LogP contribution in [0.3, 0.4) is 0 Å². The molecule has 1 N–H and O–H groups in total. The standard InChI is InChI=1S/C8H6ClNO3S/c9-5-2-1-4(3-11)6(10-5)7(14)8(12)13/h1-3,7,14H,(H,12,13). The summed E-state index contributed by atoms with van der Waals surface area (Å²) in [4.78, 5) is 24.9. The Kier molecular flexibility index (Phi) is 3.49. The molecule has 0 aliphatic heterocycles. The maximum absolute atomic E-state index is 10.6. The van der Waals surface area contributed by atoms with E-state index < -0.39 is 11.2 Å². The average molecular weight is 232 g/mol. The highest BCUT2D eigenvalue weighted by Crippen LogP contribution is 2.22. The van der Waals surface area contributed by atoms with Gasteiger partial charge in [-0.25, -0.2) is 4.98 Å². The molecule has 1 aromatic rings. The predicted molar refractivity (Wildman–Crippen MR) is 54.0 cm³/mol. The summed E-state index contributed by atoms with van der Waals surface area (Å²) in [6.45, 7) is 0. The van der Waals surface area contributed by atoms with E-state index in [2.05, 4.69) is 17.6 Å². The Morgan fingerprint density at radius 2 is 2.29 bits per heavy atom. The van der Waals surface area contributed by atoms with E-state index in [9.17, 15) is 9.59 Å². The first-order valence-corrected chi connectivity index (χ1v) is 4.48. The van der Waals surface area contributed by atoms with E-state index >= 15 is 0 Å². The smallest absolute Gasteiger partial charge is 0.322 e. The van der Waals surface area contributed by atoms with E-state index in [0.29, 0.717) is 6.29 Å². The summed E-state index contributed by atoms with van der Waals surface area (Å²) < 4.78 is 0. The third-order valence-electron chi connectivity index (χ3n) is 1.54. The predicted octanol–water partition coefficient (Wildman–Crippen LogP) is 1.60. The average Bonchev–Trinajstić information content (AvgIpc) is 2.16. The summed E-state index contributed by atoms with van der Waals surface area (Å²) >= 11 is 9.37. The van der Waals surface area contributed by atoms with Crippen molar-refractivity contribution in [1.29, 1.82) is 0 Å². The Bertz CT molecular complexity index is 383. The van der Waals surface area contributed by atoms with E-state index in [0.717, 1.165) is 0 Å². The molecule has 6 heteroatoms. The number of carbonyl (C=O) groups is 2. The fourth-order valence-corrected chi connectivity index (χ4v) is 1.26. The molecule has 4 nitrogen and oxygen atoms in total. The summed E-state index contributed by atoms with van der Waals surface area (Å²) in [6.07, 6.45) is 0.519. The number of nitrogens with zero attached hydrogens (tertiary/aromatic N) is 1. The van der Waals surface area contributed by atoms with Gasteiger partial charge in [0.2, 0.25) is 0 Å². The van der Waals surface area contributed by atoms with Crippen LogP contribution in [0.4, 0.5) is 0 Å². The Balaban J connectivity index is 3.23. The van der Waals surface area contributed by atoms with Crippen LogP contribution in [0.15, 0.2) is 12.1 Å². The van der Waals surface area contributed by atoms with Gasteiger partial charge < -0.3 is 5.11 Å². The number of carboxylic acids is 1. The molecule has 14 heavy (non-hydrogen) atoms. The summed E-state index contributed by atoms with van der Waals surface area (Å²) in [7, 11) is 0. The van der Waals surface area contributed by atoms with Crippen LogP contribution in [-0.4, -0.2) is 22.3 Å². The highest BCUT2D eigenvalue weighted by molar-refractivity contribution is 7.81. The van der Waals surface area contributed by atoms with Crippen molar-refractivity contribution in [2.45, 2.75) is 5.25 Å². The molecule has 0 aromatic carbocycles. The molecule has 0 amide bonds. The Labute approximate surface area is 90.3 Å². The van der Waals surface area contributed by atoms with Crippen LogP contribution in [0.25, 0.3) is 0 Å². The molecule has 0 spiro atoms. The van der Waals surface area contributed by atoms with Crippen molar-refractivity contribution in [2.75, 3.05) is 0 Å². The zero-order valence-corrected chi connectivity index (χ0v) is 8.50. The number of hydrogen-bond acceptors (Lipinski definition) is 4. The van der Waals surface area contributed by atoms with Crippen molar-refractivity contribution in [3.63, 3.8) is 0 Å². The van der Waals surface area contributed by atoms with Gasteiger partial charge in [0, 0.05) is 5.56 Å². The number of hydrogen-bond donors (Lipinski definition) is 2. The van der Waals surface area contributed by atoms with Crippen molar-refractivity contribution in [2.24, 2.45) is 0 Å². The monoisotopic (exact) mass is 231 g/mol. The fourth-order valence-electron chi connectivity index (χ4n) is 0.896. The molecular formula is C8H6ClNO3S. The van der Waals surface area contributed by atoms with Crippen molar-refractivity contribution >= 4 is 36.5 Å². The maximum Gasteiger partial charge on any atom is 0.322 e. The lowest BCUT2D eigenvalue weighted by molar-refractivity contribution is -0.136. The van der Waals surface area contributed by atoms with Crippen LogP contribution in [0.2, 0.25) is 5.15 Å². The SMILES string of the molecule is O=Cc1ccc(Cl)nc1C(S)C(=O)O. The highest BCUT2D eigenvalue weighted by Gasteiger charge is 2.20. The number of halogens is 1. The van der Waals surface area contributed by atoms with Crippen LogP contribution in [0, 0.1) is 0 Å². The molecule has 1 heterocycles. The second-order valence-corrected chi connectivity index (χ2v) is 3.37. The molecule has 0 radical (unpaired) electrons. The van der Waals surface area contributed by atoms with Gasteiger partial charge >= 0.3 is 5.97 Å². The normalized spacial score (nSPS) is 12.1. The van der Waals surface area contributed by atoms with Crippen LogP contribution in [0.1, 0.15) is 21.3 Å². The molecule has 1 atom stereocenters. The van der Waals surface area contributed by atoms with E-state index in [-0.39, 0.29) is 16.4 Å². The van der Waals surface area contributed by atoms with Gasteiger partial charge in [-0.3, -0.25) is 9.59 Å². The first-order chi connectivity index (χ1) is 6.56. The molecule has 0 aliphatic carbocycles. The third kappa shape index (κ3) is 2.24. The van der Waals surface area contributed by atoms with Gasteiger partial charge in [0.15, 0.2) is 6.29 Å². The molecule has 0 fully saturated rings. The number of aliphatic carboxylic acids is 1. The minimum atomic E-state index is -1.17. The maximum atomic E-state index is 10.6. The molecule has 0 saturated carbocycles. The Morgan fingerprint density at radius 1 is 1.64 bits per heavy atom. The van der Waals surface area contributed by atoms with Crippen LogP contribution in [0.5, 0.6) is 0 Å². The van der Waals surface area contributed by atoms with E-state index in [1.54, 1.807) is 0 Å². The number of aromatic nitrogens is 1. The molecular weight excluding hydrogens is 226 g/mol. The minimum absolute atomic E-state index is 0.0586. The zero-order chi connectivity index (χ0) is 10.7. The lowest BCUT2D eigenvalue weighted by Gasteiger charge is -2.07. The van der Waals surface area contributed by atoms with Gasteiger partial charge in [-0.15, -0.1) is 0 Å². The van der Waals surface area contributed by atoms with Gasteiger partial charge in [-0.05, 0) is 12.1 Å². The molecule has 1 unspecified atom stereocenters. The molecule has 0 aliphatic rings. The van der Waals surface area contributed by atoms with Crippen LogP contribution >= 0.6 is 24.2 Å². The molecule has 1 aromatic heterocycles. The summed E-state index contributed by atoms with van der Waals surface area (Å²) in [5.41, 5.74) is 0.236. The second kappa shape index (κ2) is 4.43. The summed E-state index contributed by atoms with van der Waals surface area (Å²) in [5, 5.41) is 7.66. The summed E-state index contributed by atoms with van der Waals surface area (Å²) in [6, 6.07) is 2.82. The minimum Gasteiger partial charge on any atom is -0.480 e. The number of aldehydes is 1. The number of rotatable bonds is 3. The van der Waals surface area contributed by atoms with E-state index in [4.69, 9.17) is 16.7 Å². The van der Waals surface area contributed by atoms with E-state index in [1.165, 1.54) is 12.1 Å². The van der Waals surface area contributed by atoms with Gasteiger partial charge in [-0.1, -0.05) is 11.6 Å². The third-order valence-corrected chi connectivity index (χ3v) is 2.22. The first-order valence-electron chi connectivity index (χ1n) is 3.58. The van der Waals surface area contributed by atoms with E-state index in [1.807, 2.05) is 0 Å². The largest absolute Gasteiger partial charge is 0.480 e. The van der Waals surface area contributed by atoms with Crippen molar-refractivity contribution in [3.05, 3.63) is 28.5 Å². The first kappa shape index (κ1) is 11.0. The van der Waals surface area contributed by atoms with Crippen molar-refractivity contribution in [3.8, 4) is 0 Å². The van der Waals surface area contributed by atoms with Gasteiger partial charge in [0.1, 0.15) is 10.4 Å². The molecule has 74 valence electrons. The Morgan fingerprint density at radius 3 is 2.79 bits per heavy atom. The topological polar surface area (TPSA) is 67.3 Å². The number of pyridine rings is 1. The van der Waals surface area contributed by atoms with Crippen molar-refractivity contribution in [1.82, 2.24) is 4.98 Å². The Hall–Kier alpha value is -1.07. The van der Waals surface area contributed by atoms with Crippen LogP contribution < -0.4 is 0 Å². The van der Waals surface area contributed by atoms with Gasteiger partial charge in [-0.2, -0.15) is 12.6 Å². The zero-order valence-electron chi connectivity index (χ0n) is 6.85. The van der Waals surface area contributed by atoms with Gasteiger partial charge in [0.05, 0.1) is 5.69 Å². The molecule has 1 rings (SSSR count). The van der Waals surface area contributed by atoms with Crippen molar-refractivity contribution < 1.29 is 14.7 Å². The van der Waals surface area contributed by atoms with Gasteiger partial charge in [0.25, 0.3) is 0 Å². The lowest BCUT2D eigenvalue weighted by Crippen LogP contribution is -2.10. The lowest BCUT2D eigenvalue weighted by atomic mass is 10.1. The fraction of sp³-hybridized carbons (Fsp3) is 0.125. The number of thiol groups is 1. The quantitative estimate of drug-likeness (QED) is 0.471.